The highest BCUT2D eigenvalue weighted by atomic mass is 19.4. The van der Waals surface area contributed by atoms with Gasteiger partial charge in [-0.15, -0.1) is 0 Å². The number of hydrogen-bond donors (Lipinski definition) is 2. The van der Waals surface area contributed by atoms with Crippen molar-refractivity contribution in [3.8, 4) is 0 Å². The number of nitrogens with one attached hydrogen (secondary N) is 2. The lowest BCUT2D eigenvalue weighted by Crippen LogP contribution is -2.43. The highest BCUT2D eigenvalue weighted by molar-refractivity contribution is 5.92. The highest BCUT2D eigenvalue weighted by Crippen LogP contribution is 2.34. The third-order valence-corrected chi connectivity index (χ3v) is 4.61. The third-order valence-electron chi connectivity index (χ3n) is 4.61. The Kier molecular flexibility index (Phi) is 6.27. The normalized spacial score (nSPS) is 22.9. The number of alkyl halides is 3. The van der Waals surface area contributed by atoms with Crippen LogP contribution in [0.1, 0.15) is 51.5 Å². The predicted octanol–water partition coefficient (Wildman–Crippen LogP) is 4.59. The summed E-state index contributed by atoms with van der Waals surface area (Å²) in [6, 6.07) is 5.35. The molecule has 1 saturated carbocycles. The van der Waals surface area contributed by atoms with E-state index >= 15 is 0 Å². The fraction of sp³-hybridized carbons (Fsp3) is 0.611. The number of anilines is 1. The molecule has 134 valence electrons. The topological polar surface area (TPSA) is 41.1 Å². The van der Waals surface area contributed by atoms with Crippen molar-refractivity contribution in [2.75, 3.05) is 5.32 Å². The monoisotopic (exact) mass is 342 g/mol. The van der Waals surface area contributed by atoms with Crippen molar-refractivity contribution >= 4 is 11.6 Å². The third kappa shape index (κ3) is 5.23. The molecule has 1 aromatic rings. The molecule has 2 N–H and O–H groups in total. The molecule has 0 aliphatic heterocycles. The van der Waals surface area contributed by atoms with Crippen molar-refractivity contribution < 1.29 is 18.0 Å². The summed E-state index contributed by atoms with van der Waals surface area (Å²) in [7, 11) is 0. The van der Waals surface area contributed by atoms with Gasteiger partial charge in [-0.2, -0.15) is 13.2 Å². The average molecular weight is 342 g/mol. The van der Waals surface area contributed by atoms with Crippen molar-refractivity contribution in [1.29, 1.82) is 0 Å². The van der Waals surface area contributed by atoms with Crippen LogP contribution >= 0.6 is 0 Å². The minimum atomic E-state index is -4.48. The molecule has 24 heavy (non-hydrogen) atoms. The van der Waals surface area contributed by atoms with E-state index in [1.54, 1.807) is 0 Å². The molecule has 0 spiro atoms. The lowest BCUT2D eigenvalue weighted by Gasteiger charge is -2.32. The molecule has 0 radical (unpaired) electrons. The van der Waals surface area contributed by atoms with Gasteiger partial charge in [-0.3, -0.25) is 4.79 Å². The van der Waals surface area contributed by atoms with Gasteiger partial charge in [-0.1, -0.05) is 31.9 Å². The van der Waals surface area contributed by atoms with E-state index in [-0.39, 0.29) is 18.2 Å². The van der Waals surface area contributed by atoms with E-state index in [1.807, 2.05) is 6.92 Å². The quantitative estimate of drug-likeness (QED) is 0.822. The van der Waals surface area contributed by atoms with Crippen molar-refractivity contribution in [1.82, 2.24) is 5.32 Å². The van der Waals surface area contributed by atoms with Gasteiger partial charge in [-0.25, -0.2) is 0 Å². The number of rotatable bonds is 5. The van der Waals surface area contributed by atoms with Gasteiger partial charge in [0.05, 0.1) is 11.3 Å². The van der Waals surface area contributed by atoms with E-state index < -0.39 is 17.6 Å². The van der Waals surface area contributed by atoms with E-state index in [4.69, 9.17) is 0 Å². The van der Waals surface area contributed by atoms with Crippen LogP contribution in [0.5, 0.6) is 0 Å². The average Bonchev–Trinajstić information content (AvgIpc) is 2.49. The molecule has 0 heterocycles. The maximum absolute atomic E-state index is 12.9. The zero-order valence-corrected chi connectivity index (χ0v) is 14.1. The van der Waals surface area contributed by atoms with E-state index in [9.17, 15) is 18.0 Å². The Morgan fingerprint density at radius 1 is 1.25 bits per heavy atom. The Hall–Kier alpha value is -1.56. The van der Waals surface area contributed by atoms with Crippen LogP contribution in [0.25, 0.3) is 0 Å². The minimum absolute atomic E-state index is 0.0754. The van der Waals surface area contributed by atoms with Crippen molar-refractivity contribution in [3.05, 3.63) is 29.8 Å². The summed E-state index contributed by atoms with van der Waals surface area (Å²) in [5.74, 6) is 0.158. The van der Waals surface area contributed by atoms with Crippen LogP contribution in [-0.4, -0.2) is 18.0 Å². The zero-order chi connectivity index (χ0) is 17.7. The van der Waals surface area contributed by atoms with Crippen molar-refractivity contribution in [2.24, 2.45) is 5.92 Å². The lowest BCUT2D eigenvalue weighted by atomic mass is 9.85. The maximum atomic E-state index is 12.9. The first-order valence-corrected chi connectivity index (χ1v) is 8.49. The van der Waals surface area contributed by atoms with Gasteiger partial charge in [0.15, 0.2) is 0 Å². The Balaban J connectivity index is 1.91. The Morgan fingerprint density at radius 3 is 2.58 bits per heavy atom. The first kappa shape index (κ1) is 18.8. The molecule has 3 nitrogen and oxygen atoms in total. The van der Waals surface area contributed by atoms with Crippen LogP contribution in [0.3, 0.4) is 0 Å². The first-order chi connectivity index (χ1) is 11.3. The SMILES string of the molecule is CC(CC(=O)Nc1ccccc1C(F)(F)F)NC1CCCCC1C. The largest absolute Gasteiger partial charge is 0.418 e. The fourth-order valence-electron chi connectivity index (χ4n) is 3.31. The molecular formula is C18H25F3N2O. The van der Waals surface area contributed by atoms with E-state index in [1.165, 1.54) is 37.5 Å². The summed E-state index contributed by atoms with van der Waals surface area (Å²) in [5.41, 5.74) is -1.01. The molecule has 0 saturated heterocycles. The number of amides is 1. The molecule has 1 aromatic carbocycles. The molecule has 0 aromatic heterocycles. The molecule has 3 unspecified atom stereocenters. The van der Waals surface area contributed by atoms with E-state index in [0.717, 1.165) is 12.5 Å². The first-order valence-electron chi connectivity index (χ1n) is 8.49. The van der Waals surface area contributed by atoms with Crippen LogP contribution in [0.15, 0.2) is 24.3 Å². The van der Waals surface area contributed by atoms with Crippen molar-refractivity contribution in [2.45, 2.75) is 64.2 Å². The van der Waals surface area contributed by atoms with Crippen LogP contribution in [0.4, 0.5) is 18.9 Å². The molecule has 3 atom stereocenters. The van der Waals surface area contributed by atoms with Crippen LogP contribution < -0.4 is 10.6 Å². The molecule has 1 aliphatic carbocycles. The Morgan fingerprint density at radius 2 is 1.92 bits per heavy atom. The van der Waals surface area contributed by atoms with Crippen LogP contribution in [0, 0.1) is 5.92 Å². The molecule has 6 heteroatoms. The molecule has 1 amide bonds. The van der Waals surface area contributed by atoms with Gasteiger partial charge >= 0.3 is 6.18 Å². The standard InChI is InChI=1S/C18H25F3N2O/c1-12-7-3-5-9-15(12)22-13(2)11-17(24)23-16-10-6-4-8-14(16)18(19,20)21/h4,6,8,10,12-13,15,22H,3,5,7,9,11H2,1-2H3,(H,23,24). The predicted molar refractivity (Wildman–Crippen MR) is 88.7 cm³/mol. The Labute approximate surface area is 141 Å². The van der Waals surface area contributed by atoms with Crippen molar-refractivity contribution in [3.63, 3.8) is 0 Å². The zero-order valence-electron chi connectivity index (χ0n) is 14.1. The van der Waals surface area contributed by atoms with Gasteiger partial charge < -0.3 is 10.6 Å². The highest BCUT2D eigenvalue weighted by Gasteiger charge is 2.33. The summed E-state index contributed by atoms with van der Waals surface area (Å²) in [4.78, 5) is 12.1. The number of hydrogen-bond acceptors (Lipinski definition) is 2. The lowest BCUT2D eigenvalue weighted by molar-refractivity contribution is -0.137. The summed E-state index contributed by atoms with van der Waals surface area (Å²) in [5, 5.41) is 5.84. The van der Waals surface area contributed by atoms with Gasteiger partial charge in [0.1, 0.15) is 0 Å². The van der Waals surface area contributed by atoms with Crippen LogP contribution in [-0.2, 0) is 11.0 Å². The van der Waals surface area contributed by atoms with Gasteiger partial charge in [-0.05, 0) is 37.8 Å². The van der Waals surface area contributed by atoms with E-state index in [0.29, 0.717) is 12.0 Å². The second-order valence-corrected chi connectivity index (χ2v) is 6.73. The minimum Gasteiger partial charge on any atom is -0.325 e. The molecular weight excluding hydrogens is 317 g/mol. The maximum Gasteiger partial charge on any atom is 0.418 e. The molecule has 2 rings (SSSR count). The molecule has 1 fully saturated rings. The van der Waals surface area contributed by atoms with Gasteiger partial charge in [0, 0.05) is 18.5 Å². The number of benzene rings is 1. The number of para-hydroxylation sites is 1. The second-order valence-electron chi connectivity index (χ2n) is 6.73. The summed E-state index contributed by atoms with van der Waals surface area (Å²) >= 11 is 0. The summed E-state index contributed by atoms with van der Waals surface area (Å²) in [6.07, 6.45) is 0.350. The number of carbonyl (C=O) groups is 1. The fourth-order valence-corrected chi connectivity index (χ4v) is 3.31. The van der Waals surface area contributed by atoms with Crippen LogP contribution in [0.2, 0.25) is 0 Å². The summed E-state index contributed by atoms with van der Waals surface area (Å²) < 4.78 is 38.8. The smallest absolute Gasteiger partial charge is 0.325 e. The van der Waals surface area contributed by atoms with E-state index in [2.05, 4.69) is 17.6 Å². The van der Waals surface area contributed by atoms with Gasteiger partial charge in [0.2, 0.25) is 5.91 Å². The second kappa shape index (κ2) is 8.01. The molecule has 1 aliphatic rings. The number of halogens is 3. The Bertz CT molecular complexity index is 559. The van der Waals surface area contributed by atoms with Gasteiger partial charge in [0.25, 0.3) is 0 Å². The molecule has 0 bridgehead atoms. The summed E-state index contributed by atoms with van der Waals surface area (Å²) in [6.45, 7) is 4.10. The number of carbonyl (C=O) groups excluding carboxylic acids is 1.